The Morgan fingerprint density at radius 2 is 2.33 bits per heavy atom. The normalized spacial score (nSPS) is 23.1. The highest BCUT2D eigenvalue weighted by Crippen LogP contribution is 2.22. The molecule has 5 nitrogen and oxygen atoms in total. The molecule has 0 aliphatic carbocycles. The smallest absolute Gasteiger partial charge is 0.245 e. The van der Waals surface area contributed by atoms with Gasteiger partial charge in [0.1, 0.15) is 4.90 Å². The van der Waals surface area contributed by atoms with Crippen LogP contribution < -0.4 is 5.73 Å². The number of hydrogen-bond acceptors (Lipinski definition) is 4. The summed E-state index contributed by atoms with van der Waals surface area (Å²) in [6.45, 7) is 0.498. The first-order chi connectivity index (χ1) is 7.12. The van der Waals surface area contributed by atoms with E-state index in [2.05, 4.69) is 4.98 Å². The zero-order valence-corrected chi connectivity index (χ0v) is 9.02. The SMILES string of the molecule is NC1CCCN1S(=O)(=O)c1cccnc1. The molecule has 2 heterocycles. The second-order valence-electron chi connectivity index (χ2n) is 3.51. The van der Waals surface area contributed by atoms with Crippen molar-refractivity contribution in [2.75, 3.05) is 6.54 Å². The minimum absolute atomic E-state index is 0.211. The molecule has 1 atom stereocenters. The summed E-state index contributed by atoms with van der Waals surface area (Å²) in [5.74, 6) is 0. The molecule has 15 heavy (non-hydrogen) atoms. The van der Waals surface area contributed by atoms with Crippen molar-refractivity contribution < 1.29 is 8.42 Å². The van der Waals surface area contributed by atoms with Crippen LogP contribution in [0.5, 0.6) is 0 Å². The van der Waals surface area contributed by atoms with E-state index in [0.717, 1.165) is 12.8 Å². The van der Waals surface area contributed by atoms with E-state index in [1.165, 1.54) is 16.6 Å². The van der Waals surface area contributed by atoms with Crippen LogP contribution in [-0.2, 0) is 10.0 Å². The summed E-state index contributed by atoms with van der Waals surface area (Å²) in [5.41, 5.74) is 5.73. The van der Waals surface area contributed by atoms with Gasteiger partial charge in [-0.2, -0.15) is 4.31 Å². The molecular weight excluding hydrogens is 214 g/mol. The van der Waals surface area contributed by atoms with Crippen molar-refractivity contribution in [2.45, 2.75) is 23.9 Å². The molecule has 1 fully saturated rings. The molecule has 1 unspecified atom stereocenters. The number of nitrogens with zero attached hydrogens (tertiary/aromatic N) is 2. The molecule has 1 aromatic heterocycles. The Morgan fingerprint density at radius 1 is 1.53 bits per heavy atom. The average Bonchev–Trinajstić information content (AvgIpc) is 2.66. The van der Waals surface area contributed by atoms with Gasteiger partial charge in [-0.1, -0.05) is 0 Å². The standard InChI is InChI=1S/C9H13N3O2S/c10-9-4-2-6-12(9)15(13,14)8-3-1-5-11-7-8/h1,3,5,7,9H,2,4,6,10H2. The van der Waals surface area contributed by atoms with E-state index < -0.39 is 16.2 Å². The van der Waals surface area contributed by atoms with E-state index in [1.54, 1.807) is 12.3 Å². The highest BCUT2D eigenvalue weighted by Gasteiger charge is 2.32. The van der Waals surface area contributed by atoms with Crippen molar-refractivity contribution in [3.8, 4) is 0 Å². The average molecular weight is 227 g/mol. The largest absolute Gasteiger partial charge is 0.315 e. The maximum absolute atomic E-state index is 12.1. The van der Waals surface area contributed by atoms with Crippen LogP contribution in [0.25, 0.3) is 0 Å². The fraction of sp³-hybridized carbons (Fsp3) is 0.444. The predicted molar refractivity (Wildman–Crippen MR) is 55.3 cm³/mol. The Kier molecular flexibility index (Phi) is 2.72. The molecule has 0 spiro atoms. The maximum atomic E-state index is 12.1. The van der Waals surface area contributed by atoms with Crippen LogP contribution in [-0.4, -0.2) is 30.4 Å². The van der Waals surface area contributed by atoms with Crippen LogP contribution in [0, 0.1) is 0 Å². The van der Waals surface area contributed by atoms with Gasteiger partial charge < -0.3 is 5.73 Å². The molecule has 6 heteroatoms. The van der Waals surface area contributed by atoms with Crippen molar-refractivity contribution in [3.05, 3.63) is 24.5 Å². The van der Waals surface area contributed by atoms with Gasteiger partial charge in [-0.15, -0.1) is 0 Å². The molecule has 0 radical (unpaired) electrons. The van der Waals surface area contributed by atoms with Crippen LogP contribution in [0.2, 0.25) is 0 Å². The highest BCUT2D eigenvalue weighted by atomic mass is 32.2. The molecule has 1 aromatic rings. The summed E-state index contributed by atoms with van der Waals surface area (Å²) in [4.78, 5) is 4.01. The molecular formula is C9H13N3O2S. The fourth-order valence-corrected chi connectivity index (χ4v) is 3.25. The summed E-state index contributed by atoms with van der Waals surface area (Å²) >= 11 is 0. The molecule has 1 aliphatic rings. The van der Waals surface area contributed by atoms with E-state index in [0.29, 0.717) is 6.54 Å². The Hall–Kier alpha value is -0.980. The van der Waals surface area contributed by atoms with Gasteiger partial charge in [-0.3, -0.25) is 4.98 Å². The van der Waals surface area contributed by atoms with Gasteiger partial charge in [0.2, 0.25) is 10.0 Å². The van der Waals surface area contributed by atoms with E-state index >= 15 is 0 Å². The minimum atomic E-state index is -3.44. The maximum Gasteiger partial charge on any atom is 0.245 e. The lowest BCUT2D eigenvalue weighted by Crippen LogP contribution is -2.40. The molecule has 0 bridgehead atoms. The lowest BCUT2D eigenvalue weighted by Gasteiger charge is -2.20. The number of aromatic nitrogens is 1. The third kappa shape index (κ3) is 1.88. The Morgan fingerprint density at radius 3 is 2.87 bits per heavy atom. The first kappa shape index (κ1) is 10.5. The van der Waals surface area contributed by atoms with Crippen molar-refractivity contribution in [2.24, 2.45) is 5.73 Å². The first-order valence-electron chi connectivity index (χ1n) is 4.80. The van der Waals surface area contributed by atoms with Gasteiger partial charge in [0.05, 0.1) is 6.17 Å². The lowest BCUT2D eigenvalue weighted by molar-refractivity contribution is 0.396. The van der Waals surface area contributed by atoms with Gasteiger partial charge in [-0.25, -0.2) is 8.42 Å². The Labute approximate surface area is 89.0 Å². The van der Waals surface area contributed by atoms with Crippen molar-refractivity contribution in [1.29, 1.82) is 0 Å². The molecule has 1 aliphatic heterocycles. The molecule has 0 aromatic carbocycles. The number of hydrogen-bond donors (Lipinski definition) is 1. The zero-order valence-electron chi connectivity index (χ0n) is 8.20. The summed E-state index contributed by atoms with van der Waals surface area (Å²) in [7, 11) is -3.44. The van der Waals surface area contributed by atoms with Gasteiger partial charge >= 0.3 is 0 Å². The van der Waals surface area contributed by atoms with Gasteiger partial charge in [0, 0.05) is 18.9 Å². The molecule has 1 saturated heterocycles. The van der Waals surface area contributed by atoms with Crippen molar-refractivity contribution in [3.63, 3.8) is 0 Å². The van der Waals surface area contributed by atoms with Crippen LogP contribution in [0.1, 0.15) is 12.8 Å². The number of rotatable bonds is 2. The third-order valence-electron chi connectivity index (χ3n) is 2.49. The van der Waals surface area contributed by atoms with Crippen molar-refractivity contribution >= 4 is 10.0 Å². The van der Waals surface area contributed by atoms with E-state index in [4.69, 9.17) is 5.73 Å². The van der Waals surface area contributed by atoms with E-state index in [-0.39, 0.29) is 4.90 Å². The summed E-state index contributed by atoms with van der Waals surface area (Å²) < 4.78 is 25.4. The number of nitrogens with two attached hydrogens (primary N) is 1. The topological polar surface area (TPSA) is 76.3 Å². The second kappa shape index (κ2) is 3.88. The van der Waals surface area contributed by atoms with Crippen molar-refractivity contribution in [1.82, 2.24) is 9.29 Å². The lowest BCUT2D eigenvalue weighted by atomic mass is 10.3. The summed E-state index contributed by atoms with van der Waals surface area (Å²) in [6.07, 6.45) is 4.04. The van der Waals surface area contributed by atoms with E-state index in [9.17, 15) is 8.42 Å². The second-order valence-corrected chi connectivity index (χ2v) is 5.40. The third-order valence-corrected chi connectivity index (χ3v) is 4.40. The van der Waals surface area contributed by atoms with Crippen LogP contribution in [0.4, 0.5) is 0 Å². The van der Waals surface area contributed by atoms with E-state index in [1.807, 2.05) is 0 Å². The molecule has 0 saturated carbocycles. The first-order valence-corrected chi connectivity index (χ1v) is 6.24. The van der Waals surface area contributed by atoms with Gasteiger partial charge in [0.25, 0.3) is 0 Å². The fourth-order valence-electron chi connectivity index (χ4n) is 1.70. The Balaban J connectivity index is 2.35. The van der Waals surface area contributed by atoms with Gasteiger partial charge in [0.15, 0.2) is 0 Å². The zero-order chi connectivity index (χ0) is 10.9. The van der Waals surface area contributed by atoms with Crippen LogP contribution in [0.15, 0.2) is 29.4 Å². The number of sulfonamides is 1. The minimum Gasteiger partial charge on any atom is -0.315 e. The Bertz CT molecular complexity index is 432. The van der Waals surface area contributed by atoms with Gasteiger partial charge in [-0.05, 0) is 25.0 Å². The monoisotopic (exact) mass is 227 g/mol. The quantitative estimate of drug-likeness (QED) is 0.780. The van der Waals surface area contributed by atoms with Crippen LogP contribution in [0.3, 0.4) is 0 Å². The predicted octanol–water partition coefficient (Wildman–Crippen LogP) is 0.151. The summed E-state index contributed by atoms with van der Waals surface area (Å²) in [6, 6.07) is 3.14. The summed E-state index contributed by atoms with van der Waals surface area (Å²) in [5, 5.41) is 0. The molecule has 0 amide bonds. The molecule has 2 rings (SSSR count). The molecule has 82 valence electrons. The molecule has 2 N–H and O–H groups in total. The number of pyridine rings is 1. The van der Waals surface area contributed by atoms with Crippen LogP contribution >= 0.6 is 0 Å². The highest BCUT2D eigenvalue weighted by molar-refractivity contribution is 7.89.